The van der Waals surface area contributed by atoms with Crippen LogP contribution in [0, 0.1) is 0 Å². The molecule has 0 saturated heterocycles. The van der Waals surface area contributed by atoms with Gasteiger partial charge < -0.3 is 5.32 Å². The second kappa shape index (κ2) is 11.2. The number of hydrogen-bond acceptors (Lipinski definition) is 2. The summed E-state index contributed by atoms with van der Waals surface area (Å²) in [4.78, 5) is 4.78. The van der Waals surface area contributed by atoms with E-state index in [2.05, 4.69) is 153 Å². The first-order valence-electron chi connectivity index (χ1n) is 15.8. The molecular formula is C43H34N2. The molecule has 2 nitrogen and oxygen atoms in total. The third kappa shape index (κ3) is 4.89. The zero-order chi connectivity index (χ0) is 30.3. The first-order chi connectivity index (χ1) is 22.1. The van der Waals surface area contributed by atoms with Crippen LogP contribution >= 0.6 is 0 Å². The number of rotatable bonds is 5. The van der Waals surface area contributed by atoms with Crippen molar-refractivity contribution in [2.75, 3.05) is 6.54 Å². The van der Waals surface area contributed by atoms with Gasteiger partial charge in [0, 0.05) is 30.1 Å². The summed E-state index contributed by atoms with van der Waals surface area (Å²) in [6.07, 6.45) is 8.26. The van der Waals surface area contributed by atoms with E-state index in [1.54, 1.807) is 0 Å². The number of hydrogen-bond donors (Lipinski definition) is 1. The lowest BCUT2D eigenvalue weighted by Crippen LogP contribution is -2.09. The molecule has 0 amide bonds. The van der Waals surface area contributed by atoms with E-state index >= 15 is 0 Å². The lowest BCUT2D eigenvalue weighted by atomic mass is 9.85. The molecule has 0 unspecified atom stereocenters. The largest absolute Gasteiger partial charge is 0.387 e. The van der Waals surface area contributed by atoms with E-state index in [0.29, 0.717) is 5.92 Å². The van der Waals surface area contributed by atoms with Gasteiger partial charge in [-0.05, 0) is 89.8 Å². The van der Waals surface area contributed by atoms with Crippen molar-refractivity contribution in [2.45, 2.75) is 19.8 Å². The predicted octanol–water partition coefficient (Wildman–Crippen LogP) is 11.2. The Morgan fingerprint density at radius 3 is 1.73 bits per heavy atom. The van der Waals surface area contributed by atoms with Gasteiger partial charge in [0.15, 0.2) is 0 Å². The monoisotopic (exact) mass is 578 g/mol. The van der Waals surface area contributed by atoms with Crippen LogP contribution in [0.4, 0.5) is 0 Å². The fraction of sp³-hybridized carbons (Fsp3) is 0.0930. The predicted molar refractivity (Wildman–Crippen MR) is 192 cm³/mol. The number of nitrogens with one attached hydrogen (secondary N) is 1. The van der Waals surface area contributed by atoms with Crippen molar-refractivity contribution in [1.82, 2.24) is 10.3 Å². The highest BCUT2D eigenvalue weighted by Crippen LogP contribution is 2.44. The summed E-state index contributed by atoms with van der Waals surface area (Å²) in [5.74, 6) is 0.508. The van der Waals surface area contributed by atoms with E-state index in [9.17, 15) is 0 Å². The number of aromatic nitrogens is 1. The van der Waals surface area contributed by atoms with Crippen LogP contribution in [-0.4, -0.2) is 11.5 Å². The molecule has 0 fully saturated rings. The number of dihydropyridines is 1. The van der Waals surface area contributed by atoms with Crippen molar-refractivity contribution < 1.29 is 0 Å². The lowest BCUT2D eigenvalue weighted by molar-refractivity contribution is 0.867. The zero-order valence-electron chi connectivity index (χ0n) is 25.6. The van der Waals surface area contributed by atoms with Gasteiger partial charge in [-0.3, -0.25) is 4.98 Å². The van der Waals surface area contributed by atoms with Crippen molar-refractivity contribution in [3.05, 3.63) is 157 Å². The SMILES string of the molecule is CC(C)c1ccc(-c2c3ccccc3c(-c3ccc4ccc(-c5ccc(C6=CNCC=C6)nc5)cc4c3)c3ccccc23)cc1. The minimum Gasteiger partial charge on any atom is -0.387 e. The van der Waals surface area contributed by atoms with Crippen LogP contribution in [0.2, 0.25) is 0 Å². The summed E-state index contributed by atoms with van der Waals surface area (Å²) >= 11 is 0. The molecule has 7 aromatic rings. The van der Waals surface area contributed by atoms with Crippen LogP contribution in [-0.2, 0) is 0 Å². The average molecular weight is 579 g/mol. The standard InChI is InChI=1S/C43H34N2/c1-28(2)29-13-17-31(18-14-29)42-37-9-3-5-11-39(37)43(40-12-6-4-10-38(40)42)33-20-16-30-15-19-32(24-36(30)25-33)34-21-22-41(45-27-34)35-8-7-23-44-26-35/h3-22,24-28,44H,23H2,1-2H3. The Balaban J connectivity index is 1.27. The summed E-state index contributed by atoms with van der Waals surface area (Å²) in [5.41, 5.74) is 10.8. The van der Waals surface area contributed by atoms with Gasteiger partial charge in [-0.15, -0.1) is 0 Å². The van der Waals surface area contributed by atoms with Crippen LogP contribution in [0.1, 0.15) is 31.0 Å². The fourth-order valence-corrected chi connectivity index (χ4v) is 6.73. The first-order valence-corrected chi connectivity index (χ1v) is 15.8. The number of benzene rings is 6. The molecule has 1 N–H and O–H groups in total. The molecule has 6 aromatic carbocycles. The maximum Gasteiger partial charge on any atom is 0.0716 e. The van der Waals surface area contributed by atoms with E-state index in [0.717, 1.165) is 23.4 Å². The summed E-state index contributed by atoms with van der Waals surface area (Å²) < 4.78 is 0. The maximum absolute atomic E-state index is 4.78. The molecule has 0 spiro atoms. The van der Waals surface area contributed by atoms with Crippen LogP contribution < -0.4 is 5.32 Å². The van der Waals surface area contributed by atoms with Gasteiger partial charge in [0.1, 0.15) is 0 Å². The molecule has 0 saturated carbocycles. The van der Waals surface area contributed by atoms with Crippen LogP contribution in [0.3, 0.4) is 0 Å². The zero-order valence-corrected chi connectivity index (χ0v) is 25.6. The Kier molecular flexibility index (Phi) is 6.76. The molecule has 2 heteroatoms. The highest BCUT2D eigenvalue weighted by atomic mass is 14.8. The Labute approximate surface area is 264 Å². The summed E-state index contributed by atoms with van der Waals surface area (Å²) in [6.45, 7) is 5.36. The number of allylic oxidation sites excluding steroid dienone is 2. The van der Waals surface area contributed by atoms with Crippen LogP contribution in [0.25, 0.3) is 71.3 Å². The molecule has 0 bridgehead atoms. The van der Waals surface area contributed by atoms with Crippen molar-refractivity contribution in [2.24, 2.45) is 0 Å². The summed E-state index contributed by atoms with van der Waals surface area (Å²) in [5, 5.41) is 10.8. The van der Waals surface area contributed by atoms with Crippen LogP contribution in [0.5, 0.6) is 0 Å². The van der Waals surface area contributed by atoms with Crippen molar-refractivity contribution >= 4 is 37.9 Å². The molecule has 1 aliphatic heterocycles. The van der Waals surface area contributed by atoms with E-state index in [1.165, 1.54) is 65.7 Å². The minimum atomic E-state index is 0.508. The van der Waals surface area contributed by atoms with Crippen molar-refractivity contribution in [3.63, 3.8) is 0 Å². The molecule has 0 radical (unpaired) electrons. The molecular weight excluding hydrogens is 544 g/mol. The molecule has 1 aromatic heterocycles. The molecule has 2 heterocycles. The van der Waals surface area contributed by atoms with E-state index < -0.39 is 0 Å². The smallest absolute Gasteiger partial charge is 0.0716 e. The Hall–Kier alpha value is -5.47. The molecule has 0 atom stereocenters. The van der Waals surface area contributed by atoms with Crippen molar-refractivity contribution in [3.8, 4) is 33.4 Å². The van der Waals surface area contributed by atoms with Crippen LogP contribution in [0.15, 0.2) is 146 Å². The van der Waals surface area contributed by atoms with E-state index in [-0.39, 0.29) is 0 Å². The summed E-state index contributed by atoms with van der Waals surface area (Å²) in [6, 6.07) is 44.8. The van der Waals surface area contributed by atoms with Gasteiger partial charge in [0.25, 0.3) is 0 Å². The molecule has 1 aliphatic rings. The third-order valence-electron chi connectivity index (χ3n) is 9.11. The maximum atomic E-state index is 4.78. The number of pyridine rings is 1. The van der Waals surface area contributed by atoms with Gasteiger partial charge in [-0.25, -0.2) is 0 Å². The van der Waals surface area contributed by atoms with E-state index in [4.69, 9.17) is 4.98 Å². The first kappa shape index (κ1) is 27.1. The van der Waals surface area contributed by atoms with Gasteiger partial charge in [-0.1, -0.05) is 129 Å². The lowest BCUT2D eigenvalue weighted by Gasteiger charge is -2.18. The van der Waals surface area contributed by atoms with Gasteiger partial charge in [0.05, 0.1) is 5.69 Å². The molecule has 216 valence electrons. The Bertz CT molecular complexity index is 2210. The van der Waals surface area contributed by atoms with Gasteiger partial charge >= 0.3 is 0 Å². The molecule has 8 rings (SSSR count). The second-order valence-electron chi connectivity index (χ2n) is 12.2. The topological polar surface area (TPSA) is 24.9 Å². The third-order valence-corrected chi connectivity index (χ3v) is 9.11. The van der Waals surface area contributed by atoms with Gasteiger partial charge in [-0.2, -0.15) is 0 Å². The highest BCUT2D eigenvalue weighted by molar-refractivity contribution is 6.21. The second-order valence-corrected chi connectivity index (χ2v) is 12.2. The van der Waals surface area contributed by atoms with Gasteiger partial charge in [0.2, 0.25) is 0 Å². The molecule has 0 aliphatic carbocycles. The highest BCUT2D eigenvalue weighted by Gasteiger charge is 2.17. The quantitative estimate of drug-likeness (QED) is 0.206. The average Bonchev–Trinajstić information content (AvgIpc) is 3.10. The Morgan fingerprint density at radius 2 is 1.16 bits per heavy atom. The van der Waals surface area contributed by atoms with E-state index in [1.807, 2.05) is 12.4 Å². The minimum absolute atomic E-state index is 0.508. The summed E-state index contributed by atoms with van der Waals surface area (Å²) in [7, 11) is 0. The molecule has 45 heavy (non-hydrogen) atoms. The van der Waals surface area contributed by atoms with Crippen molar-refractivity contribution in [1.29, 1.82) is 0 Å². The normalized spacial score (nSPS) is 13.0. The number of fused-ring (bicyclic) bond motifs is 3. The number of nitrogens with zero attached hydrogens (tertiary/aromatic N) is 1. The Morgan fingerprint density at radius 1 is 0.578 bits per heavy atom. The fourth-order valence-electron chi connectivity index (χ4n) is 6.73.